The topological polar surface area (TPSA) is 117 Å². The van der Waals surface area contributed by atoms with E-state index >= 15 is 9.59 Å². The monoisotopic (exact) mass is 911 g/mol. The van der Waals surface area contributed by atoms with Gasteiger partial charge in [0.25, 0.3) is 11.8 Å². The summed E-state index contributed by atoms with van der Waals surface area (Å²) in [7, 11) is 1.44. The second kappa shape index (κ2) is 19.5. The van der Waals surface area contributed by atoms with E-state index in [0.717, 1.165) is 35.7 Å². The van der Waals surface area contributed by atoms with E-state index in [4.69, 9.17) is 9.47 Å². The highest BCUT2D eigenvalue weighted by Gasteiger charge is 2.65. The summed E-state index contributed by atoms with van der Waals surface area (Å²) in [4.78, 5) is 42.7. The lowest BCUT2D eigenvalue weighted by molar-refractivity contribution is -0.163. The summed E-state index contributed by atoms with van der Waals surface area (Å²) in [6.45, 7) is 3.58. The number of rotatable bonds is 16. The van der Waals surface area contributed by atoms with Crippen LogP contribution in [-0.2, 0) is 50.7 Å². The van der Waals surface area contributed by atoms with Crippen molar-refractivity contribution in [3.05, 3.63) is 185 Å². The molecular weight excluding hydrogens is 865 g/mol. The van der Waals surface area contributed by atoms with Crippen molar-refractivity contribution in [2.75, 3.05) is 43.2 Å². The summed E-state index contributed by atoms with van der Waals surface area (Å²) >= 11 is 0. The van der Waals surface area contributed by atoms with Gasteiger partial charge in [-0.2, -0.15) is 26.3 Å². The molecule has 10 nitrogen and oxygen atoms in total. The van der Waals surface area contributed by atoms with Gasteiger partial charge in [-0.15, -0.1) is 0 Å². The summed E-state index contributed by atoms with van der Waals surface area (Å²) in [5, 5.41) is 17.6. The fraction of sp³-hybridized carbons (Fsp3) is 0.280. The van der Waals surface area contributed by atoms with Crippen molar-refractivity contribution in [3.63, 3.8) is 0 Å². The van der Waals surface area contributed by atoms with Gasteiger partial charge in [-0.25, -0.2) is 0 Å². The molecule has 1 saturated heterocycles. The van der Waals surface area contributed by atoms with Crippen LogP contribution >= 0.6 is 0 Å². The second-order valence-electron chi connectivity index (χ2n) is 16.1. The molecule has 1 aliphatic rings. The first-order valence-electron chi connectivity index (χ1n) is 21.0. The minimum Gasteiger partial charge on any atom is -0.497 e. The van der Waals surface area contributed by atoms with Gasteiger partial charge in [0, 0.05) is 42.9 Å². The molecular formula is C50H47F6N5O5. The maximum Gasteiger partial charge on any atom is 0.433 e. The average Bonchev–Trinajstić information content (AvgIpc) is 3.30. The van der Waals surface area contributed by atoms with Gasteiger partial charge in [-0.05, 0) is 96.5 Å². The molecule has 2 atom stereocenters. The summed E-state index contributed by atoms with van der Waals surface area (Å²) < 4.78 is 92.3. The molecule has 0 radical (unpaired) electrons. The number of halogens is 6. The van der Waals surface area contributed by atoms with Gasteiger partial charge in [-0.3, -0.25) is 24.9 Å². The molecule has 0 spiro atoms. The van der Waals surface area contributed by atoms with E-state index in [-0.39, 0.29) is 56.0 Å². The van der Waals surface area contributed by atoms with Crippen LogP contribution in [0.1, 0.15) is 44.8 Å². The third-order valence-corrected chi connectivity index (χ3v) is 11.8. The van der Waals surface area contributed by atoms with Gasteiger partial charge in [-0.1, -0.05) is 84.9 Å². The van der Waals surface area contributed by atoms with Gasteiger partial charge in [0.2, 0.25) is 5.60 Å². The van der Waals surface area contributed by atoms with Crippen molar-refractivity contribution < 1.29 is 50.5 Å². The number of methoxy groups -OCH3 is 1. The number of aryl methyl sites for hydroxylation is 2. The number of alkyl halides is 6. The maximum atomic E-state index is 16.5. The number of benzene rings is 4. The van der Waals surface area contributed by atoms with Gasteiger partial charge in [0.15, 0.2) is 5.54 Å². The lowest BCUT2D eigenvalue weighted by Crippen LogP contribution is -2.74. The fourth-order valence-electron chi connectivity index (χ4n) is 7.96. The van der Waals surface area contributed by atoms with Crippen LogP contribution in [0, 0.1) is 13.8 Å². The van der Waals surface area contributed by atoms with Gasteiger partial charge in [0.05, 0.1) is 26.4 Å². The van der Waals surface area contributed by atoms with E-state index < -0.39 is 52.7 Å². The predicted molar refractivity (Wildman–Crippen MR) is 236 cm³/mol. The van der Waals surface area contributed by atoms with Crippen LogP contribution in [0.3, 0.4) is 0 Å². The molecule has 2 amide bonds. The molecule has 0 unspecified atom stereocenters. The molecule has 0 bridgehead atoms. The van der Waals surface area contributed by atoms with Gasteiger partial charge < -0.3 is 24.4 Å². The van der Waals surface area contributed by atoms with Crippen LogP contribution in [-0.4, -0.2) is 66.3 Å². The normalized spacial score (nSPS) is 14.9. The largest absolute Gasteiger partial charge is 0.497 e. The molecule has 0 aliphatic carbocycles. The number of carbonyl (C=O) groups is 2. The molecule has 2 aromatic heterocycles. The Morgan fingerprint density at radius 2 is 1.20 bits per heavy atom. The molecule has 6 aromatic rings. The Balaban J connectivity index is 1.45. The van der Waals surface area contributed by atoms with E-state index in [1.54, 1.807) is 84.9 Å². The number of pyridine rings is 2. The lowest BCUT2D eigenvalue weighted by Gasteiger charge is -2.51. The Labute approximate surface area is 377 Å². The van der Waals surface area contributed by atoms with Crippen LogP contribution in [0.5, 0.6) is 5.75 Å². The van der Waals surface area contributed by atoms with Gasteiger partial charge >= 0.3 is 12.4 Å². The minimum absolute atomic E-state index is 0.00994. The number of hydrogen-bond acceptors (Lipinski definition) is 8. The van der Waals surface area contributed by atoms with Crippen LogP contribution in [0.2, 0.25) is 0 Å². The smallest absolute Gasteiger partial charge is 0.433 e. The molecule has 0 saturated carbocycles. The number of ether oxygens (including phenoxy) is 2. The van der Waals surface area contributed by atoms with E-state index in [9.17, 15) is 31.4 Å². The predicted octanol–water partition coefficient (Wildman–Crippen LogP) is 8.76. The number of carbonyl (C=O) groups excluding carboxylic acids is 2. The van der Waals surface area contributed by atoms with Crippen molar-refractivity contribution in [1.29, 1.82) is 0 Å². The average molecular weight is 912 g/mol. The third-order valence-electron chi connectivity index (χ3n) is 11.8. The van der Waals surface area contributed by atoms with Crippen LogP contribution < -0.4 is 19.9 Å². The van der Waals surface area contributed by atoms with Crippen LogP contribution in [0.15, 0.2) is 140 Å². The number of aromatic nitrogens is 2. The zero-order valence-electron chi connectivity index (χ0n) is 36.2. The van der Waals surface area contributed by atoms with E-state index in [2.05, 4.69) is 15.3 Å². The quantitative estimate of drug-likeness (QED) is 0.0927. The zero-order chi connectivity index (χ0) is 47.3. The highest BCUT2D eigenvalue weighted by atomic mass is 19.4. The highest BCUT2D eigenvalue weighted by molar-refractivity contribution is 6.10. The molecule has 3 heterocycles. The van der Waals surface area contributed by atoms with E-state index in [1.807, 2.05) is 19.9 Å². The number of nitrogens with zero attached hydrogens (tertiary/aromatic N) is 4. The number of amides is 2. The maximum absolute atomic E-state index is 16.5. The van der Waals surface area contributed by atoms with Gasteiger partial charge in [0.1, 0.15) is 17.1 Å². The van der Waals surface area contributed by atoms with Crippen molar-refractivity contribution in [1.82, 2.24) is 15.3 Å². The van der Waals surface area contributed by atoms with E-state index in [0.29, 0.717) is 22.6 Å². The number of nitrogens with one attached hydrogen (secondary N) is 1. The third kappa shape index (κ3) is 9.81. The molecule has 66 heavy (non-hydrogen) atoms. The number of aliphatic hydroxyl groups is 1. The SMILES string of the molecule is COc1cccc(N(CCc2ccc(C(F)(F)F)nc2)C(=O)[C@](O)(c2ccccc2)[C@](NC2COC2)(C(=O)N(CCc2ccc(C(F)(F)F)nc2)c2ccc(C)c(C)c2)c2ccccc2)c1. The van der Waals surface area contributed by atoms with Crippen molar-refractivity contribution in [3.8, 4) is 5.75 Å². The first-order valence-corrected chi connectivity index (χ1v) is 21.0. The lowest BCUT2D eigenvalue weighted by atomic mass is 9.67. The first kappa shape index (κ1) is 47.3. The van der Waals surface area contributed by atoms with Crippen LogP contribution in [0.25, 0.3) is 0 Å². The van der Waals surface area contributed by atoms with Crippen molar-refractivity contribution in [2.45, 2.75) is 56.2 Å². The summed E-state index contributed by atoms with van der Waals surface area (Å²) in [5.74, 6) is -1.43. The summed E-state index contributed by atoms with van der Waals surface area (Å²) in [6, 6.07) is 31.7. The minimum atomic E-state index is -4.68. The molecule has 7 rings (SSSR count). The molecule has 4 aromatic carbocycles. The highest BCUT2D eigenvalue weighted by Crippen LogP contribution is 2.46. The van der Waals surface area contributed by atoms with E-state index in [1.165, 1.54) is 41.2 Å². The Bertz CT molecular complexity index is 2610. The van der Waals surface area contributed by atoms with Crippen molar-refractivity contribution in [2.24, 2.45) is 0 Å². The second-order valence-corrected chi connectivity index (χ2v) is 16.1. The summed E-state index contributed by atoms with van der Waals surface area (Å²) in [5.41, 5.74) is -4.20. The Morgan fingerprint density at radius 1 is 0.667 bits per heavy atom. The number of hydrogen-bond donors (Lipinski definition) is 2. The summed E-state index contributed by atoms with van der Waals surface area (Å²) in [6.07, 6.45) is -7.21. The molecule has 344 valence electrons. The Hall–Kier alpha value is -6.62. The Kier molecular flexibility index (Phi) is 14.0. The molecule has 1 fully saturated rings. The van der Waals surface area contributed by atoms with Crippen LogP contribution in [0.4, 0.5) is 37.7 Å². The molecule has 1 aliphatic heterocycles. The molecule has 2 N–H and O–H groups in total. The zero-order valence-corrected chi connectivity index (χ0v) is 36.2. The Morgan fingerprint density at radius 3 is 1.67 bits per heavy atom. The first-order chi connectivity index (χ1) is 31.4. The molecule has 16 heteroatoms. The number of anilines is 2. The standard InChI is InChI=1S/C50H47F6N5O5/c1-33-17-20-41(27-34(33)2)60(25-23-35-18-21-43(57-29-35)49(51,52)53)45(62)47(59-39-31-66-32-39,37-11-6-4-7-12-37)48(64,38-13-8-5-9-14-38)46(63)61(40-15-10-16-42(28-40)65-3)26-24-36-19-22-44(58-30-36)50(54,55)56/h4-22,27-30,39,59,64H,23-26,31-32H2,1-3H3/t47-,48-/m1/s1. The fourth-order valence-corrected chi connectivity index (χ4v) is 7.96. The van der Waals surface area contributed by atoms with Crippen molar-refractivity contribution >= 4 is 23.2 Å².